The quantitative estimate of drug-likeness (QED) is 0.849. The van der Waals surface area contributed by atoms with Gasteiger partial charge in [-0.05, 0) is 55.3 Å². The van der Waals surface area contributed by atoms with E-state index in [1.54, 1.807) is 6.07 Å². The lowest BCUT2D eigenvalue weighted by Gasteiger charge is -2.12. The number of ether oxygens (including phenoxy) is 1. The van der Waals surface area contributed by atoms with Crippen molar-refractivity contribution in [1.29, 1.82) is 0 Å². The van der Waals surface area contributed by atoms with Crippen LogP contribution in [0.25, 0.3) is 0 Å². The fourth-order valence-corrected chi connectivity index (χ4v) is 1.88. The smallest absolute Gasteiger partial charge is 0.298 e. The van der Waals surface area contributed by atoms with Crippen molar-refractivity contribution < 1.29 is 9.53 Å². The number of rotatable bonds is 4. The predicted octanol–water partition coefficient (Wildman–Crippen LogP) is 4.24. The van der Waals surface area contributed by atoms with Crippen LogP contribution in [0.2, 0.25) is 5.02 Å². The number of halogens is 1. The van der Waals surface area contributed by atoms with Gasteiger partial charge in [-0.3, -0.25) is 4.79 Å². The second-order valence-corrected chi connectivity index (χ2v) is 4.71. The monoisotopic (exact) mass is 275 g/mol. The lowest BCUT2D eigenvalue weighted by Crippen LogP contribution is -1.97. The van der Waals surface area contributed by atoms with Crippen LogP contribution in [0.4, 0.5) is 11.4 Å². The molecule has 0 unspecified atom stereocenters. The Morgan fingerprint density at radius 2 is 1.95 bits per heavy atom. The fraction of sp³-hybridized carbons (Fsp3) is 0.133. The summed E-state index contributed by atoms with van der Waals surface area (Å²) in [6, 6.07) is 11.3. The summed E-state index contributed by atoms with van der Waals surface area (Å²) in [5.41, 5.74) is 3.63. The molecule has 0 saturated heterocycles. The Balaban J connectivity index is 2.31. The molecule has 0 saturated carbocycles. The molecule has 0 aromatic heterocycles. The molecule has 0 bridgehead atoms. The van der Waals surface area contributed by atoms with Gasteiger partial charge in [0.1, 0.15) is 0 Å². The summed E-state index contributed by atoms with van der Waals surface area (Å²) in [6.45, 7) is 4.30. The Bertz CT molecular complexity index is 611. The van der Waals surface area contributed by atoms with Crippen LogP contribution in [0.3, 0.4) is 0 Å². The number of carbonyl (C=O) groups excluding carboxylic acids is 1. The van der Waals surface area contributed by atoms with Crippen molar-refractivity contribution in [3.8, 4) is 5.75 Å². The molecule has 0 aliphatic carbocycles. The van der Waals surface area contributed by atoms with Crippen molar-refractivity contribution >= 4 is 29.4 Å². The first-order valence-corrected chi connectivity index (χ1v) is 6.22. The highest BCUT2D eigenvalue weighted by molar-refractivity contribution is 6.31. The second kappa shape index (κ2) is 5.76. The van der Waals surface area contributed by atoms with Crippen molar-refractivity contribution in [3.63, 3.8) is 0 Å². The molecule has 2 rings (SSSR count). The minimum atomic E-state index is 0.424. The van der Waals surface area contributed by atoms with Gasteiger partial charge in [-0.2, -0.15) is 0 Å². The summed E-state index contributed by atoms with van der Waals surface area (Å²) in [6.07, 6.45) is 0. The Labute approximate surface area is 117 Å². The molecule has 0 aliphatic heterocycles. The minimum Gasteiger partial charge on any atom is -0.427 e. The van der Waals surface area contributed by atoms with Crippen LogP contribution in [0.1, 0.15) is 11.1 Å². The summed E-state index contributed by atoms with van der Waals surface area (Å²) in [7, 11) is 0. The highest BCUT2D eigenvalue weighted by Crippen LogP contribution is 2.29. The van der Waals surface area contributed by atoms with E-state index in [9.17, 15) is 4.79 Å². The molecule has 0 atom stereocenters. The van der Waals surface area contributed by atoms with Crippen LogP contribution >= 0.6 is 11.6 Å². The van der Waals surface area contributed by atoms with Gasteiger partial charge in [0.2, 0.25) is 0 Å². The Hall–Kier alpha value is -2.00. The molecule has 0 fully saturated rings. The third-order valence-electron chi connectivity index (χ3n) is 2.75. The fourth-order valence-electron chi connectivity index (χ4n) is 1.76. The van der Waals surface area contributed by atoms with Crippen molar-refractivity contribution in [1.82, 2.24) is 0 Å². The molecular weight excluding hydrogens is 262 g/mol. The molecule has 2 aromatic rings. The van der Waals surface area contributed by atoms with Crippen molar-refractivity contribution in [2.45, 2.75) is 13.8 Å². The number of aryl methyl sites for hydroxylation is 2. The van der Waals surface area contributed by atoms with Crippen molar-refractivity contribution in [3.05, 3.63) is 52.5 Å². The maximum absolute atomic E-state index is 10.5. The molecule has 0 amide bonds. The minimum absolute atomic E-state index is 0.424. The average Bonchev–Trinajstić information content (AvgIpc) is 2.37. The van der Waals surface area contributed by atoms with E-state index in [1.807, 2.05) is 44.2 Å². The zero-order valence-corrected chi connectivity index (χ0v) is 11.5. The molecule has 1 N–H and O–H groups in total. The molecule has 0 radical (unpaired) electrons. The summed E-state index contributed by atoms with van der Waals surface area (Å²) in [5.74, 6) is 0.502. The highest BCUT2D eigenvalue weighted by atomic mass is 35.5. The highest BCUT2D eigenvalue weighted by Gasteiger charge is 2.05. The van der Waals surface area contributed by atoms with E-state index in [0.717, 1.165) is 27.5 Å². The SMILES string of the molecule is Cc1ccc(Nc2ccc(Cl)c(C)c2)c(OC=O)c1. The number of nitrogens with one attached hydrogen (secondary N) is 1. The van der Waals surface area contributed by atoms with E-state index in [0.29, 0.717) is 12.2 Å². The predicted molar refractivity (Wildman–Crippen MR) is 77.3 cm³/mol. The maximum atomic E-state index is 10.5. The van der Waals surface area contributed by atoms with Crippen molar-refractivity contribution in [2.24, 2.45) is 0 Å². The molecule has 98 valence electrons. The van der Waals surface area contributed by atoms with E-state index in [1.165, 1.54) is 0 Å². The topological polar surface area (TPSA) is 38.3 Å². The van der Waals surface area contributed by atoms with Crippen LogP contribution in [-0.2, 0) is 4.79 Å². The molecule has 0 heterocycles. The zero-order valence-electron chi connectivity index (χ0n) is 10.7. The van der Waals surface area contributed by atoms with Crippen LogP contribution in [0.5, 0.6) is 5.75 Å². The van der Waals surface area contributed by atoms with E-state index in [-0.39, 0.29) is 0 Å². The first-order chi connectivity index (χ1) is 9.10. The summed E-state index contributed by atoms with van der Waals surface area (Å²) in [4.78, 5) is 10.5. The molecule has 4 heteroatoms. The first kappa shape index (κ1) is 13.4. The third-order valence-corrected chi connectivity index (χ3v) is 3.17. The number of carbonyl (C=O) groups is 1. The van der Waals surface area contributed by atoms with Gasteiger partial charge < -0.3 is 10.1 Å². The lowest BCUT2D eigenvalue weighted by atomic mass is 10.2. The van der Waals surface area contributed by atoms with E-state index in [2.05, 4.69) is 5.32 Å². The molecule has 19 heavy (non-hydrogen) atoms. The maximum Gasteiger partial charge on any atom is 0.298 e. The molecule has 0 spiro atoms. The Morgan fingerprint density at radius 1 is 1.16 bits per heavy atom. The Morgan fingerprint density at radius 3 is 2.63 bits per heavy atom. The van der Waals surface area contributed by atoms with E-state index >= 15 is 0 Å². The van der Waals surface area contributed by atoms with Crippen LogP contribution in [0.15, 0.2) is 36.4 Å². The normalized spacial score (nSPS) is 10.1. The van der Waals surface area contributed by atoms with Gasteiger partial charge >= 0.3 is 0 Å². The van der Waals surface area contributed by atoms with Gasteiger partial charge in [0.15, 0.2) is 5.75 Å². The molecule has 0 aliphatic rings. The van der Waals surface area contributed by atoms with Crippen molar-refractivity contribution in [2.75, 3.05) is 5.32 Å². The second-order valence-electron chi connectivity index (χ2n) is 4.30. The van der Waals surface area contributed by atoms with Crippen LogP contribution in [0, 0.1) is 13.8 Å². The standard InChI is InChI=1S/C15H14ClNO2/c1-10-3-6-14(15(7-10)19-9-18)17-12-4-5-13(16)11(2)8-12/h3-9,17H,1-2H3. The van der Waals surface area contributed by atoms with Gasteiger partial charge in [0.05, 0.1) is 5.69 Å². The number of benzene rings is 2. The lowest BCUT2D eigenvalue weighted by molar-refractivity contribution is -0.120. The molecular formula is C15H14ClNO2. The van der Waals surface area contributed by atoms with Gasteiger partial charge in [-0.15, -0.1) is 0 Å². The summed E-state index contributed by atoms with van der Waals surface area (Å²) in [5, 5.41) is 3.93. The van der Waals surface area contributed by atoms with Gasteiger partial charge in [0.25, 0.3) is 6.47 Å². The zero-order chi connectivity index (χ0) is 13.8. The largest absolute Gasteiger partial charge is 0.427 e. The van der Waals surface area contributed by atoms with Crippen LogP contribution in [-0.4, -0.2) is 6.47 Å². The average molecular weight is 276 g/mol. The number of hydrogen-bond donors (Lipinski definition) is 1. The van der Waals surface area contributed by atoms with E-state index in [4.69, 9.17) is 16.3 Å². The number of anilines is 2. The van der Waals surface area contributed by atoms with Gasteiger partial charge in [-0.25, -0.2) is 0 Å². The number of hydrogen-bond acceptors (Lipinski definition) is 3. The van der Waals surface area contributed by atoms with Gasteiger partial charge in [-0.1, -0.05) is 17.7 Å². The molecule has 3 nitrogen and oxygen atoms in total. The molecule has 2 aromatic carbocycles. The van der Waals surface area contributed by atoms with Crippen LogP contribution < -0.4 is 10.1 Å². The third kappa shape index (κ3) is 3.26. The van der Waals surface area contributed by atoms with E-state index < -0.39 is 0 Å². The summed E-state index contributed by atoms with van der Waals surface area (Å²) >= 11 is 5.99. The summed E-state index contributed by atoms with van der Waals surface area (Å²) < 4.78 is 4.97. The first-order valence-electron chi connectivity index (χ1n) is 5.84. The Kier molecular flexibility index (Phi) is 4.07. The van der Waals surface area contributed by atoms with Gasteiger partial charge in [0, 0.05) is 10.7 Å².